The average Bonchev–Trinajstić information content (AvgIpc) is 3.48. The maximum Gasteiger partial charge on any atom is 0.292 e. The van der Waals surface area contributed by atoms with Crippen LogP contribution in [0.1, 0.15) is 21.9 Å². The van der Waals surface area contributed by atoms with Crippen molar-refractivity contribution in [1.82, 2.24) is 9.78 Å². The summed E-state index contributed by atoms with van der Waals surface area (Å²) in [4.78, 5) is 12.5. The number of ether oxygens (including phenoxy) is 1. The number of anilines is 1. The van der Waals surface area contributed by atoms with Gasteiger partial charge in [0.05, 0.1) is 6.54 Å². The first kappa shape index (κ1) is 19.6. The molecule has 0 aliphatic heterocycles. The van der Waals surface area contributed by atoms with E-state index >= 15 is 0 Å². The van der Waals surface area contributed by atoms with Gasteiger partial charge in [-0.25, -0.2) is 0 Å². The third-order valence-corrected chi connectivity index (χ3v) is 5.07. The van der Waals surface area contributed by atoms with Crippen molar-refractivity contribution in [1.29, 1.82) is 0 Å². The molecule has 6 nitrogen and oxygen atoms in total. The van der Waals surface area contributed by atoms with Gasteiger partial charge in [-0.2, -0.15) is 5.10 Å². The minimum atomic E-state index is -0.355. The van der Waals surface area contributed by atoms with E-state index in [1.54, 1.807) is 22.9 Å². The van der Waals surface area contributed by atoms with Crippen molar-refractivity contribution < 1.29 is 13.9 Å². The summed E-state index contributed by atoms with van der Waals surface area (Å²) in [6.45, 7) is 0.861. The predicted molar refractivity (Wildman–Crippen MR) is 123 cm³/mol. The standard InChI is InChI=1S/C26H21N3O3/c30-26(27-25-15-16-29(28-25)17-19-7-2-1-3-8-19)24-14-13-21(32-24)18-31-23-12-6-10-20-9-4-5-11-22(20)23/h1-16H,17-18H2,(H,27,28,30). The zero-order valence-electron chi connectivity index (χ0n) is 17.3. The Hall–Kier alpha value is -4.32. The second-order valence-corrected chi connectivity index (χ2v) is 7.37. The van der Waals surface area contributed by atoms with Crippen LogP contribution < -0.4 is 10.1 Å². The van der Waals surface area contributed by atoms with Crippen LogP contribution in [0.3, 0.4) is 0 Å². The van der Waals surface area contributed by atoms with E-state index in [0.29, 0.717) is 18.1 Å². The van der Waals surface area contributed by atoms with Crippen LogP contribution in [-0.4, -0.2) is 15.7 Å². The lowest BCUT2D eigenvalue weighted by Crippen LogP contribution is -2.12. The number of nitrogens with zero attached hydrogens (tertiary/aromatic N) is 2. The van der Waals surface area contributed by atoms with Gasteiger partial charge in [0.2, 0.25) is 0 Å². The van der Waals surface area contributed by atoms with E-state index in [4.69, 9.17) is 9.15 Å². The molecule has 2 heterocycles. The van der Waals surface area contributed by atoms with Gasteiger partial charge in [0.1, 0.15) is 18.1 Å². The van der Waals surface area contributed by atoms with Crippen LogP contribution in [0.25, 0.3) is 10.8 Å². The lowest BCUT2D eigenvalue weighted by Gasteiger charge is -2.07. The first-order valence-electron chi connectivity index (χ1n) is 10.3. The maximum absolute atomic E-state index is 12.5. The fourth-order valence-electron chi connectivity index (χ4n) is 3.51. The van der Waals surface area contributed by atoms with Gasteiger partial charge in [-0.3, -0.25) is 9.48 Å². The number of carbonyl (C=O) groups is 1. The summed E-state index contributed by atoms with van der Waals surface area (Å²) in [5.74, 6) is 1.66. The van der Waals surface area contributed by atoms with Crippen LogP contribution in [0.2, 0.25) is 0 Å². The Labute approximate surface area is 185 Å². The Balaban J connectivity index is 1.20. The summed E-state index contributed by atoms with van der Waals surface area (Å²) in [7, 11) is 0. The van der Waals surface area contributed by atoms with Crippen LogP contribution in [0.15, 0.2) is 102 Å². The van der Waals surface area contributed by atoms with Crippen molar-refractivity contribution in [2.45, 2.75) is 13.2 Å². The van der Waals surface area contributed by atoms with Crippen molar-refractivity contribution in [3.63, 3.8) is 0 Å². The first-order valence-corrected chi connectivity index (χ1v) is 10.3. The monoisotopic (exact) mass is 423 g/mol. The summed E-state index contributed by atoms with van der Waals surface area (Å²) >= 11 is 0. The van der Waals surface area contributed by atoms with Gasteiger partial charge in [0.15, 0.2) is 11.6 Å². The molecule has 0 aliphatic rings. The van der Waals surface area contributed by atoms with E-state index in [1.165, 1.54) is 0 Å². The molecule has 3 aromatic carbocycles. The molecule has 1 N–H and O–H groups in total. The van der Waals surface area contributed by atoms with E-state index in [-0.39, 0.29) is 18.3 Å². The number of hydrogen-bond donors (Lipinski definition) is 1. The maximum atomic E-state index is 12.5. The Morgan fingerprint density at radius 1 is 0.906 bits per heavy atom. The second-order valence-electron chi connectivity index (χ2n) is 7.37. The number of furan rings is 1. The first-order chi connectivity index (χ1) is 15.7. The van der Waals surface area contributed by atoms with Gasteiger partial charge in [0.25, 0.3) is 5.91 Å². The molecule has 5 rings (SSSR count). The third kappa shape index (κ3) is 4.39. The highest BCUT2D eigenvalue weighted by Gasteiger charge is 2.14. The van der Waals surface area contributed by atoms with E-state index in [2.05, 4.69) is 10.4 Å². The van der Waals surface area contributed by atoms with E-state index in [1.807, 2.05) is 79.0 Å². The highest BCUT2D eigenvalue weighted by atomic mass is 16.5. The molecule has 0 aliphatic carbocycles. The molecule has 2 aromatic heterocycles. The normalized spacial score (nSPS) is 10.9. The van der Waals surface area contributed by atoms with Gasteiger partial charge >= 0.3 is 0 Å². The van der Waals surface area contributed by atoms with Crippen LogP contribution in [0.5, 0.6) is 5.75 Å². The van der Waals surface area contributed by atoms with Crippen molar-refractivity contribution in [3.05, 3.63) is 114 Å². The molecular formula is C26H21N3O3. The van der Waals surface area contributed by atoms with Crippen molar-refractivity contribution in [2.24, 2.45) is 0 Å². The second kappa shape index (κ2) is 8.81. The highest BCUT2D eigenvalue weighted by Crippen LogP contribution is 2.26. The number of fused-ring (bicyclic) bond motifs is 1. The fraction of sp³-hybridized carbons (Fsp3) is 0.0769. The molecule has 0 radical (unpaired) electrons. The Morgan fingerprint density at radius 2 is 1.72 bits per heavy atom. The topological polar surface area (TPSA) is 69.3 Å². The minimum Gasteiger partial charge on any atom is -0.485 e. The van der Waals surface area contributed by atoms with Gasteiger partial charge < -0.3 is 14.5 Å². The number of rotatable bonds is 7. The van der Waals surface area contributed by atoms with Crippen LogP contribution in [-0.2, 0) is 13.2 Å². The molecule has 1 amide bonds. The SMILES string of the molecule is O=C(Nc1ccn(Cc2ccccc2)n1)c1ccc(COc2cccc3ccccc23)o1. The summed E-state index contributed by atoms with van der Waals surface area (Å²) in [5.41, 5.74) is 1.13. The summed E-state index contributed by atoms with van der Waals surface area (Å²) in [6.07, 6.45) is 1.83. The number of carbonyl (C=O) groups excluding carboxylic acids is 1. The van der Waals surface area contributed by atoms with Crippen molar-refractivity contribution in [2.75, 3.05) is 5.32 Å². The fourth-order valence-corrected chi connectivity index (χ4v) is 3.51. The zero-order valence-corrected chi connectivity index (χ0v) is 17.3. The molecule has 32 heavy (non-hydrogen) atoms. The average molecular weight is 423 g/mol. The molecular weight excluding hydrogens is 402 g/mol. The number of amides is 1. The lowest BCUT2D eigenvalue weighted by molar-refractivity contribution is 0.0992. The Morgan fingerprint density at radius 3 is 2.62 bits per heavy atom. The molecule has 0 bridgehead atoms. The number of hydrogen-bond acceptors (Lipinski definition) is 4. The molecule has 0 saturated carbocycles. The molecule has 0 spiro atoms. The number of aromatic nitrogens is 2. The zero-order chi connectivity index (χ0) is 21.8. The summed E-state index contributed by atoms with van der Waals surface area (Å²) < 4.78 is 13.4. The van der Waals surface area contributed by atoms with E-state index in [9.17, 15) is 4.79 Å². The van der Waals surface area contributed by atoms with Gasteiger partial charge in [-0.15, -0.1) is 0 Å². The molecule has 6 heteroatoms. The third-order valence-electron chi connectivity index (χ3n) is 5.07. The number of benzene rings is 3. The molecule has 0 fully saturated rings. The summed E-state index contributed by atoms with van der Waals surface area (Å²) in [6, 6.07) is 29.1. The highest BCUT2D eigenvalue weighted by molar-refractivity contribution is 6.01. The van der Waals surface area contributed by atoms with Crippen LogP contribution in [0, 0.1) is 0 Å². The van der Waals surface area contributed by atoms with Crippen molar-refractivity contribution in [3.8, 4) is 5.75 Å². The predicted octanol–water partition coefficient (Wildman–Crippen LogP) is 5.51. The van der Waals surface area contributed by atoms with Crippen LogP contribution >= 0.6 is 0 Å². The minimum absolute atomic E-state index is 0.208. The van der Waals surface area contributed by atoms with Gasteiger partial charge in [0, 0.05) is 17.6 Å². The van der Waals surface area contributed by atoms with Crippen LogP contribution in [0.4, 0.5) is 5.82 Å². The molecule has 0 atom stereocenters. The quantitative estimate of drug-likeness (QED) is 0.375. The Bertz CT molecular complexity index is 1350. The molecule has 0 unspecified atom stereocenters. The van der Waals surface area contributed by atoms with Gasteiger partial charge in [-0.05, 0) is 29.1 Å². The Kier molecular flexibility index (Phi) is 5.41. The molecule has 158 valence electrons. The van der Waals surface area contributed by atoms with E-state index in [0.717, 1.165) is 22.1 Å². The van der Waals surface area contributed by atoms with Gasteiger partial charge in [-0.1, -0.05) is 66.7 Å². The summed E-state index contributed by atoms with van der Waals surface area (Å²) in [5, 5.41) is 9.31. The number of nitrogens with one attached hydrogen (secondary N) is 1. The molecule has 0 saturated heterocycles. The smallest absolute Gasteiger partial charge is 0.292 e. The largest absolute Gasteiger partial charge is 0.485 e. The van der Waals surface area contributed by atoms with Crippen molar-refractivity contribution >= 4 is 22.5 Å². The molecule has 5 aromatic rings. The lowest BCUT2D eigenvalue weighted by atomic mass is 10.1. The van der Waals surface area contributed by atoms with E-state index < -0.39 is 0 Å².